The summed E-state index contributed by atoms with van der Waals surface area (Å²) < 4.78 is 5.62. The molecule has 26 heavy (non-hydrogen) atoms. The summed E-state index contributed by atoms with van der Waals surface area (Å²) in [5.74, 6) is 0.428. The number of aromatic nitrogens is 2. The van der Waals surface area contributed by atoms with E-state index in [0.29, 0.717) is 18.2 Å². The molecular formula is C20H24N4O2. The highest BCUT2D eigenvalue weighted by molar-refractivity contribution is 6.05. The van der Waals surface area contributed by atoms with Crippen LogP contribution in [0, 0.1) is 6.92 Å². The van der Waals surface area contributed by atoms with E-state index in [1.165, 1.54) is 5.56 Å². The summed E-state index contributed by atoms with van der Waals surface area (Å²) in [5.41, 5.74) is 3.43. The van der Waals surface area contributed by atoms with Crippen LogP contribution in [0.15, 0.2) is 30.3 Å². The van der Waals surface area contributed by atoms with Crippen LogP contribution in [0.2, 0.25) is 0 Å². The molecular weight excluding hydrogens is 328 g/mol. The summed E-state index contributed by atoms with van der Waals surface area (Å²) in [6.45, 7) is 4.10. The molecule has 1 aromatic heterocycles. The maximum atomic E-state index is 13.1. The molecule has 1 unspecified atom stereocenters. The number of nitrogens with one attached hydrogen (secondary N) is 1. The average Bonchev–Trinajstić information content (AvgIpc) is 3.18. The predicted molar refractivity (Wildman–Crippen MR) is 101 cm³/mol. The van der Waals surface area contributed by atoms with Gasteiger partial charge < -0.3 is 15.0 Å². The van der Waals surface area contributed by atoms with Crippen LogP contribution in [0.3, 0.4) is 0 Å². The van der Waals surface area contributed by atoms with Crippen LogP contribution < -0.4 is 10.2 Å². The topological polar surface area (TPSA) is 67.4 Å². The van der Waals surface area contributed by atoms with Crippen molar-refractivity contribution in [2.24, 2.45) is 0 Å². The van der Waals surface area contributed by atoms with Gasteiger partial charge in [0.15, 0.2) is 0 Å². The Morgan fingerprint density at radius 2 is 2.19 bits per heavy atom. The third kappa shape index (κ3) is 3.55. The Balaban J connectivity index is 1.54. The van der Waals surface area contributed by atoms with Crippen molar-refractivity contribution in [1.29, 1.82) is 0 Å². The number of nitrogens with zero attached hydrogens (tertiary/aromatic N) is 3. The fourth-order valence-electron chi connectivity index (χ4n) is 3.65. The first kappa shape index (κ1) is 17.0. The summed E-state index contributed by atoms with van der Waals surface area (Å²) in [6, 6.07) is 9.86. The Kier molecular flexibility index (Phi) is 4.84. The SMILES string of the molecule is Cc1cc(C(=O)N2CCCc3ccccc32)nc(NCC2CCCO2)n1. The van der Waals surface area contributed by atoms with Crippen LogP contribution in [0.5, 0.6) is 0 Å². The number of ether oxygens (including phenoxy) is 1. The van der Waals surface area contributed by atoms with Crippen molar-refractivity contribution in [3.05, 3.63) is 47.3 Å². The lowest BCUT2D eigenvalue weighted by Gasteiger charge is -2.29. The van der Waals surface area contributed by atoms with E-state index in [1.807, 2.05) is 30.0 Å². The van der Waals surface area contributed by atoms with E-state index in [4.69, 9.17) is 4.74 Å². The normalized spacial score (nSPS) is 19.3. The van der Waals surface area contributed by atoms with Gasteiger partial charge in [0.1, 0.15) is 5.69 Å². The van der Waals surface area contributed by atoms with E-state index in [0.717, 1.165) is 50.2 Å². The zero-order valence-corrected chi connectivity index (χ0v) is 15.1. The van der Waals surface area contributed by atoms with E-state index < -0.39 is 0 Å². The number of carbonyl (C=O) groups is 1. The molecule has 0 aliphatic carbocycles. The van der Waals surface area contributed by atoms with E-state index in [1.54, 1.807) is 6.07 Å². The van der Waals surface area contributed by atoms with Gasteiger partial charge in [-0.3, -0.25) is 4.79 Å². The third-order valence-electron chi connectivity index (χ3n) is 4.94. The molecule has 0 radical (unpaired) electrons. The van der Waals surface area contributed by atoms with Gasteiger partial charge in [0, 0.05) is 31.1 Å². The summed E-state index contributed by atoms with van der Waals surface area (Å²) in [7, 11) is 0. The van der Waals surface area contributed by atoms with Crippen molar-refractivity contribution in [2.45, 2.75) is 38.7 Å². The maximum absolute atomic E-state index is 13.1. The number of para-hydroxylation sites is 1. The van der Waals surface area contributed by atoms with Gasteiger partial charge in [-0.1, -0.05) is 18.2 Å². The van der Waals surface area contributed by atoms with Gasteiger partial charge in [-0.05, 0) is 50.3 Å². The molecule has 1 amide bonds. The molecule has 1 aromatic carbocycles. The maximum Gasteiger partial charge on any atom is 0.277 e. The Bertz CT molecular complexity index is 802. The van der Waals surface area contributed by atoms with Crippen molar-refractivity contribution in [2.75, 3.05) is 29.9 Å². The Labute approximate surface area is 153 Å². The number of benzene rings is 1. The molecule has 6 heteroatoms. The number of amides is 1. The number of fused-ring (bicyclic) bond motifs is 1. The van der Waals surface area contributed by atoms with Crippen molar-refractivity contribution < 1.29 is 9.53 Å². The highest BCUT2D eigenvalue weighted by Crippen LogP contribution is 2.28. The van der Waals surface area contributed by atoms with Crippen LogP contribution in [-0.2, 0) is 11.2 Å². The minimum atomic E-state index is -0.0668. The molecule has 6 nitrogen and oxygen atoms in total. The molecule has 1 saturated heterocycles. The van der Waals surface area contributed by atoms with E-state index in [-0.39, 0.29) is 12.0 Å². The van der Waals surface area contributed by atoms with Gasteiger partial charge in [-0.25, -0.2) is 9.97 Å². The number of aryl methyl sites for hydroxylation is 2. The molecule has 2 aromatic rings. The molecule has 136 valence electrons. The quantitative estimate of drug-likeness (QED) is 0.916. The Hall–Kier alpha value is -2.47. The van der Waals surface area contributed by atoms with E-state index in [9.17, 15) is 4.79 Å². The monoisotopic (exact) mass is 352 g/mol. The summed E-state index contributed by atoms with van der Waals surface area (Å²) in [4.78, 5) is 23.8. The van der Waals surface area contributed by atoms with Crippen LogP contribution in [0.1, 0.15) is 41.0 Å². The van der Waals surface area contributed by atoms with Crippen molar-refractivity contribution in [3.8, 4) is 0 Å². The fraction of sp³-hybridized carbons (Fsp3) is 0.450. The number of hydrogen-bond donors (Lipinski definition) is 1. The summed E-state index contributed by atoms with van der Waals surface area (Å²) in [5, 5.41) is 3.23. The number of hydrogen-bond acceptors (Lipinski definition) is 5. The standard InChI is InChI=1S/C20H24N4O2/c1-14-12-17(23-20(22-14)21-13-16-8-5-11-26-16)19(25)24-10-4-7-15-6-2-3-9-18(15)24/h2-3,6,9,12,16H,4-5,7-8,10-11,13H2,1H3,(H,21,22,23). The first-order valence-corrected chi connectivity index (χ1v) is 9.31. The Morgan fingerprint density at radius 3 is 3.04 bits per heavy atom. The van der Waals surface area contributed by atoms with Crippen LogP contribution in [0.25, 0.3) is 0 Å². The molecule has 2 aliphatic rings. The van der Waals surface area contributed by atoms with Crippen molar-refractivity contribution in [1.82, 2.24) is 9.97 Å². The van der Waals surface area contributed by atoms with Crippen LogP contribution >= 0.6 is 0 Å². The van der Waals surface area contributed by atoms with Gasteiger partial charge in [0.05, 0.1) is 6.10 Å². The van der Waals surface area contributed by atoms with E-state index >= 15 is 0 Å². The van der Waals surface area contributed by atoms with E-state index in [2.05, 4.69) is 21.4 Å². The number of carbonyl (C=O) groups excluding carboxylic acids is 1. The Morgan fingerprint density at radius 1 is 1.31 bits per heavy atom. The minimum absolute atomic E-state index is 0.0668. The van der Waals surface area contributed by atoms with Gasteiger partial charge in [-0.2, -0.15) is 0 Å². The van der Waals surface area contributed by atoms with Gasteiger partial charge >= 0.3 is 0 Å². The molecule has 1 fully saturated rings. The predicted octanol–water partition coefficient (Wildman–Crippen LogP) is 2.97. The molecule has 2 aliphatic heterocycles. The van der Waals surface area contributed by atoms with Crippen LogP contribution in [-0.4, -0.2) is 41.7 Å². The number of rotatable bonds is 4. The lowest BCUT2D eigenvalue weighted by atomic mass is 10.0. The second kappa shape index (κ2) is 7.41. The lowest BCUT2D eigenvalue weighted by molar-refractivity contribution is 0.0980. The summed E-state index contributed by atoms with van der Waals surface area (Å²) in [6.07, 6.45) is 4.33. The van der Waals surface area contributed by atoms with Crippen molar-refractivity contribution in [3.63, 3.8) is 0 Å². The lowest BCUT2D eigenvalue weighted by Crippen LogP contribution is -2.36. The molecule has 0 spiro atoms. The first-order chi connectivity index (χ1) is 12.7. The minimum Gasteiger partial charge on any atom is -0.376 e. The second-order valence-electron chi connectivity index (χ2n) is 6.92. The zero-order valence-electron chi connectivity index (χ0n) is 15.1. The highest BCUT2D eigenvalue weighted by Gasteiger charge is 2.25. The first-order valence-electron chi connectivity index (χ1n) is 9.31. The highest BCUT2D eigenvalue weighted by atomic mass is 16.5. The molecule has 4 rings (SSSR count). The van der Waals surface area contributed by atoms with Gasteiger partial charge in [0.25, 0.3) is 5.91 Å². The van der Waals surface area contributed by atoms with Crippen molar-refractivity contribution >= 4 is 17.5 Å². The summed E-state index contributed by atoms with van der Waals surface area (Å²) >= 11 is 0. The zero-order chi connectivity index (χ0) is 17.9. The average molecular weight is 352 g/mol. The number of anilines is 2. The molecule has 1 N–H and O–H groups in total. The molecule has 0 bridgehead atoms. The van der Waals surface area contributed by atoms with Crippen LogP contribution in [0.4, 0.5) is 11.6 Å². The molecule has 0 saturated carbocycles. The fourth-order valence-corrected chi connectivity index (χ4v) is 3.65. The van der Waals surface area contributed by atoms with Gasteiger partial charge in [-0.15, -0.1) is 0 Å². The largest absolute Gasteiger partial charge is 0.376 e. The second-order valence-corrected chi connectivity index (χ2v) is 6.92. The molecule has 1 atom stereocenters. The smallest absolute Gasteiger partial charge is 0.277 e. The van der Waals surface area contributed by atoms with Gasteiger partial charge in [0.2, 0.25) is 5.95 Å². The third-order valence-corrected chi connectivity index (χ3v) is 4.94. The molecule has 3 heterocycles.